The molecule has 4 rings (SSSR count). The van der Waals surface area contributed by atoms with E-state index in [1.165, 1.54) is 0 Å². The maximum absolute atomic E-state index is 13.0. The van der Waals surface area contributed by atoms with Crippen LogP contribution in [0.3, 0.4) is 0 Å². The number of fused-ring (bicyclic) bond motifs is 1. The number of rotatable bonds is 3. The maximum Gasteiger partial charge on any atom is 0.225 e. The monoisotopic (exact) mass is 396 g/mol. The molecule has 0 spiro atoms. The van der Waals surface area contributed by atoms with Gasteiger partial charge in [-0.15, -0.1) is 0 Å². The van der Waals surface area contributed by atoms with Crippen molar-refractivity contribution in [2.75, 3.05) is 19.6 Å². The van der Waals surface area contributed by atoms with Crippen molar-refractivity contribution < 1.29 is 13.2 Å². The number of sulfonamides is 1. The van der Waals surface area contributed by atoms with Gasteiger partial charge in [-0.2, -0.15) is 4.31 Å². The van der Waals surface area contributed by atoms with Crippen molar-refractivity contribution >= 4 is 27.5 Å². The van der Waals surface area contributed by atoms with Crippen LogP contribution in [0.2, 0.25) is 5.02 Å². The quantitative estimate of drug-likeness (QED) is 0.789. The van der Waals surface area contributed by atoms with Gasteiger partial charge in [-0.25, -0.2) is 8.42 Å². The summed E-state index contributed by atoms with van der Waals surface area (Å²) in [6, 6.07) is 7.38. The lowest BCUT2D eigenvalue weighted by molar-refractivity contribution is -0.138. The van der Waals surface area contributed by atoms with E-state index in [9.17, 15) is 13.2 Å². The summed E-state index contributed by atoms with van der Waals surface area (Å²) in [5, 5.41) is 0.263. The molecular weight excluding hydrogens is 372 g/mol. The average Bonchev–Trinajstić information content (AvgIpc) is 2.70. The van der Waals surface area contributed by atoms with E-state index in [0.29, 0.717) is 37.6 Å². The minimum absolute atomic E-state index is 0.110. The van der Waals surface area contributed by atoms with Crippen molar-refractivity contribution in [1.82, 2.24) is 9.21 Å². The summed E-state index contributed by atoms with van der Waals surface area (Å²) >= 11 is 6.03. The van der Waals surface area contributed by atoms with Gasteiger partial charge in [-0.1, -0.05) is 30.2 Å². The van der Waals surface area contributed by atoms with Gasteiger partial charge in [0.05, 0.1) is 5.25 Å². The van der Waals surface area contributed by atoms with Gasteiger partial charge in [-0.05, 0) is 49.3 Å². The lowest BCUT2D eigenvalue weighted by Gasteiger charge is -2.31. The number of hydrogen-bond acceptors (Lipinski definition) is 3. The molecule has 5 nitrogen and oxygen atoms in total. The molecule has 0 unspecified atom stereocenters. The molecule has 2 atom stereocenters. The summed E-state index contributed by atoms with van der Waals surface area (Å²) in [6.07, 6.45) is 4.45. The van der Waals surface area contributed by atoms with Crippen LogP contribution < -0.4 is 0 Å². The van der Waals surface area contributed by atoms with E-state index in [1.807, 2.05) is 23.1 Å². The number of likely N-dealkylation sites (tertiary alicyclic amines) is 1. The molecule has 0 N–H and O–H groups in total. The number of carbonyl (C=O) groups is 1. The molecule has 2 heterocycles. The predicted octanol–water partition coefficient (Wildman–Crippen LogP) is 2.89. The Kier molecular flexibility index (Phi) is 5.01. The topological polar surface area (TPSA) is 57.7 Å². The number of amides is 1. The van der Waals surface area contributed by atoms with Crippen molar-refractivity contribution in [3.63, 3.8) is 0 Å². The van der Waals surface area contributed by atoms with Gasteiger partial charge < -0.3 is 4.90 Å². The molecule has 3 aliphatic rings. The summed E-state index contributed by atoms with van der Waals surface area (Å²) in [7, 11) is -3.33. The lowest BCUT2D eigenvalue weighted by Crippen LogP contribution is -2.40. The first-order valence-electron chi connectivity index (χ1n) is 9.47. The number of hydrogen-bond donors (Lipinski definition) is 0. The zero-order chi connectivity index (χ0) is 18.3. The number of halogens is 1. The van der Waals surface area contributed by atoms with Gasteiger partial charge in [0.1, 0.15) is 0 Å². The summed E-state index contributed by atoms with van der Waals surface area (Å²) in [6.45, 7) is 2.18. The second-order valence-corrected chi connectivity index (χ2v) is 10.4. The Bertz CT molecular complexity index is 794. The molecule has 0 bridgehead atoms. The first-order valence-corrected chi connectivity index (χ1v) is 11.4. The largest absolute Gasteiger partial charge is 0.342 e. The highest BCUT2D eigenvalue weighted by atomic mass is 35.5. The molecule has 2 aliphatic heterocycles. The summed E-state index contributed by atoms with van der Waals surface area (Å²) in [5.41, 5.74) is 0.916. The third kappa shape index (κ3) is 3.39. The van der Waals surface area contributed by atoms with Gasteiger partial charge >= 0.3 is 0 Å². The molecule has 1 aromatic carbocycles. The van der Waals surface area contributed by atoms with Crippen molar-refractivity contribution in [3.8, 4) is 0 Å². The molecule has 26 heavy (non-hydrogen) atoms. The molecule has 3 fully saturated rings. The van der Waals surface area contributed by atoms with Gasteiger partial charge in [0.15, 0.2) is 0 Å². The van der Waals surface area contributed by atoms with Gasteiger partial charge in [0, 0.05) is 37.1 Å². The second kappa shape index (κ2) is 7.13. The van der Waals surface area contributed by atoms with E-state index in [2.05, 4.69) is 0 Å². The Hall–Kier alpha value is -1.11. The first kappa shape index (κ1) is 18.3. The van der Waals surface area contributed by atoms with Gasteiger partial charge in [0.2, 0.25) is 15.9 Å². The fourth-order valence-corrected chi connectivity index (χ4v) is 6.86. The van der Waals surface area contributed by atoms with Crippen LogP contribution in [0.4, 0.5) is 0 Å². The SMILES string of the molecule is O=C(C1CCC1)N1CC[C@@H]2CN(Cc3cccc(Cl)c3)S(=O)(=O)[C@@H]2CC1. The zero-order valence-corrected chi connectivity index (χ0v) is 16.4. The van der Waals surface area contributed by atoms with Gasteiger partial charge in [0.25, 0.3) is 0 Å². The fraction of sp³-hybridized carbons (Fsp3) is 0.632. The minimum atomic E-state index is -3.33. The lowest BCUT2D eigenvalue weighted by atomic mass is 9.84. The van der Waals surface area contributed by atoms with Gasteiger partial charge in [-0.3, -0.25) is 4.79 Å². The normalized spacial score (nSPS) is 29.0. The highest BCUT2D eigenvalue weighted by Crippen LogP contribution is 2.36. The number of nitrogens with zero attached hydrogens (tertiary/aromatic N) is 2. The van der Waals surface area contributed by atoms with Crippen molar-refractivity contribution in [2.24, 2.45) is 11.8 Å². The molecule has 1 saturated carbocycles. The molecule has 1 amide bonds. The Labute approximate surface area is 160 Å². The maximum atomic E-state index is 13.0. The van der Waals surface area contributed by atoms with Crippen LogP contribution in [0.5, 0.6) is 0 Å². The van der Waals surface area contributed by atoms with Crippen LogP contribution in [0, 0.1) is 11.8 Å². The molecule has 1 aliphatic carbocycles. The summed E-state index contributed by atoms with van der Waals surface area (Å²) < 4.78 is 27.7. The smallest absolute Gasteiger partial charge is 0.225 e. The molecular formula is C19H25ClN2O3S. The van der Waals surface area contributed by atoms with E-state index >= 15 is 0 Å². The third-order valence-corrected chi connectivity index (χ3v) is 8.79. The van der Waals surface area contributed by atoms with Crippen molar-refractivity contribution in [1.29, 1.82) is 0 Å². The van der Waals surface area contributed by atoms with Crippen LogP contribution in [-0.4, -0.2) is 48.4 Å². The van der Waals surface area contributed by atoms with Crippen LogP contribution in [-0.2, 0) is 21.4 Å². The third-order valence-electron chi connectivity index (χ3n) is 6.17. The standard InChI is InChI=1S/C19H25ClN2O3S/c20-17-6-1-3-14(11-17)12-22-13-16-7-9-21(19(23)15-4-2-5-15)10-8-18(16)26(22,24)25/h1,3,6,11,15-16,18H,2,4-5,7-10,12-13H2/t16-,18-/m1/s1. The van der Waals surface area contributed by atoms with E-state index in [-0.39, 0.29) is 23.0 Å². The van der Waals surface area contributed by atoms with E-state index in [1.54, 1.807) is 10.4 Å². The summed E-state index contributed by atoms with van der Waals surface area (Å²) in [5.74, 6) is 0.534. The second-order valence-electron chi connectivity index (χ2n) is 7.80. The van der Waals surface area contributed by atoms with Crippen LogP contribution >= 0.6 is 11.6 Å². The van der Waals surface area contributed by atoms with Crippen molar-refractivity contribution in [2.45, 2.75) is 43.9 Å². The molecule has 1 aromatic rings. The number of benzene rings is 1. The Balaban J connectivity index is 1.45. The van der Waals surface area contributed by atoms with E-state index < -0.39 is 10.0 Å². The van der Waals surface area contributed by atoms with Crippen LogP contribution in [0.1, 0.15) is 37.7 Å². The zero-order valence-electron chi connectivity index (χ0n) is 14.8. The van der Waals surface area contributed by atoms with Crippen LogP contribution in [0.25, 0.3) is 0 Å². The highest BCUT2D eigenvalue weighted by Gasteiger charge is 2.47. The minimum Gasteiger partial charge on any atom is -0.342 e. The Morgan fingerprint density at radius 3 is 2.62 bits per heavy atom. The fourth-order valence-electron chi connectivity index (χ4n) is 4.42. The van der Waals surface area contributed by atoms with E-state index in [4.69, 9.17) is 11.6 Å². The molecule has 7 heteroatoms. The molecule has 142 valence electrons. The average molecular weight is 397 g/mol. The predicted molar refractivity (Wildman–Crippen MR) is 101 cm³/mol. The summed E-state index contributed by atoms with van der Waals surface area (Å²) in [4.78, 5) is 14.4. The molecule has 0 radical (unpaired) electrons. The van der Waals surface area contributed by atoms with E-state index in [0.717, 1.165) is 31.2 Å². The highest BCUT2D eigenvalue weighted by molar-refractivity contribution is 7.90. The molecule has 0 aromatic heterocycles. The van der Waals surface area contributed by atoms with Crippen molar-refractivity contribution in [3.05, 3.63) is 34.9 Å². The Morgan fingerprint density at radius 1 is 1.15 bits per heavy atom. The number of carbonyl (C=O) groups excluding carboxylic acids is 1. The first-order chi connectivity index (χ1) is 12.4. The van der Waals surface area contributed by atoms with Crippen LogP contribution in [0.15, 0.2) is 24.3 Å². The molecule has 2 saturated heterocycles. The Morgan fingerprint density at radius 2 is 1.92 bits per heavy atom.